The van der Waals surface area contributed by atoms with Crippen LogP contribution in [0.3, 0.4) is 0 Å². The van der Waals surface area contributed by atoms with Gasteiger partial charge in [0.25, 0.3) is 10.1 Å². The summed E-state index contributed by atoms with van der Waals surface area (Å²) in [4.78, 5) is -0.0798. The lowest BCUT2D eigenvalue weighted by molar-refractivity contribution is 0.103. The second-order valence-electron chi connectivity index (χ2n) is 6.35. The fourth-order valence-electron chi connectivity index (χ4n) is 3.04. The van der Waals surface area contributed by atoms with Gasteiger partial charge in [-0.3, -0.25) is 4.55 Å². The Morgan fingerprint density at radius 1 is 1.07 bits per heavy atom. The molecule has 0 radical (unpaired) electrons. The van der Waals surface area contributed by atoms with E-state index in [-0.39, 0.29) is 10.8 Å². The Balaban J connectivity index is 2.18. The minimum Gasteiger partial charge on any atom is -0.493 e. The summed E-state index contributed by atoms with van der Waals surface area (Å²) in [5.74, 6) is 1.09. The zero-order valence-electron chi connectivity index (χ0n) is 16.1. The number of rotatable bonds is 10. The Labute approximate surface area is 174 Å². The van der Waals surface area contributed by atoms with Crippen LogP contribution in [-0.2, 0) is 21.5 Å². The number of methoxy groups -OCH3 is 2. The van der Waals surface area contributed by atoms with Crippen molar-refractivity contribution in [2.75, 3.05) is 20.8 Å². The zero-order valence-corrected chi connectivity index (χ0v) is 18.5. The highest BCUT2D eigenvalue weighted by molar-refractivity contribution is 9.10. The van der Waals surface area contributed by atoms with Crippen molar-refractivity contribution >= 4 is 26.0 Å². The lowest BCUT2D eigenvalue weighted by atomic mass is 9.95. The van der Waals surface area contributed by atoms with E-state index in [4.69, 9.17) is 14.2 Å². The van der Waals surface area contributed by atoms with Gasteiger partial charge in [-0.15, -0.1) is 0 Å². The Morgan fingerprint density at radius 2 is 1.79 bits per heavy atom. The molecule has 2 aromatic carbocycles. The molecule has 28 heavy (non-hydrogen) atoms. The van der Waals surface area contributed by atoms with Crippen molar-refractivity contribution in [3.8, 4) is 11.5 Å². The van der Waals surface area contributed by atoms with Crippen molar-refractivity contribution in [3.05, 3.63) is 52.0 Å². The van der Waals surface area contributed by atoms with Crippen LogP contribution in [0, 0.1) is 0 Å². The maximum absolute atomic E-state index is 11.8. The van der Waals surface area contributed by atoms with Crippen molar-refractivity contribution in [1.82, 2.24) is 0 Å². The summed E-state index contributed by atoms with van der Waals surface area (Å²) in [5, 5.41) is 0. The Kier molecular flexibility index (Phi) is 8.30. The van der Waals surface area contributed by atoms with Crippen molar-refractivity contribution in [1.29, 1.82) is 0 Å². The second-order valence-corrected chi connectivity index (χ2v) is 8.65. The number of hydrogen-bond acceptors (Lipinski definition) is 5. The number of halogens is 1. The molecular weight excluding hydrogens is 448 g/mol. The molecular formula is C20H25BrO6S. The molecule has 2 aromatic rings. The van der Waals surface area contributed by atoms with Gasteiger partial charge in [-0.1, -0.05) is 35.3 Å². The van der Waals surface area contributed by atoms with Crippen LogP contribution >= 0.6 is 15.9 Å². The predicted molar refractivity (Wildman–Crippen MR) is 111 cm³/mol. The molecule has 154 valence electrons. The topological polar surface area (TPSA) is 82.1 Å². The average molecular weight is 473 g/mol. The molecule has 1 N–H and O–H groups in total. The highest BCUT2D eigenvalue weighted by atomic mass is 79.9. The van der Waals surface area contributed by atoms with Crippen molar-refractivity contribution < 1.29 is 27.2 Å². The van der Waals surface area contributed by atoms with E-state index in [2.05, 4.69) is 15.9 Å². The molecule has 0 saturated carbocycles. The van der Waals surface area contributed by atoms with Crippen LogP contribution in [0.25, 0.3) is 0 Å². The molecule has 0 aliphatic heterocycles. The Bertz CT molecular complexity index is 898. The van der Waals surface area contributed by atoms with E-state index in [1.807, 2.05) is 25.1 Å². The van der Waals surface area contributed by atoms with E-state index in [0.29, 0.717) is 30.3 Å². The number of hydrogen-bond donors (Lipinski definition) is 1. The predicted octanol–water partition coefficient (Wildman–Crippen LogP) is 4.81. The molecule has 2 rings (SSSR count). The van der Waals surface area contributed by atoms with Crippen LogP contribution < -0.4 is 9.47 Å². The van der Waals surface area contributed by atoms with Gasteiger partial charge in [-0.2, -0.15) is 8.42 Å². The summed E-state index contributed by atoms with van der Waals surface area (Å²) >= 11 is 3.37. The fraction of sp³-hybridized carbons (Fsp3) is 0.400. The summed E-state index contributed by atoms with van der Waals surface area (Å²) in [6.45, 7) is 2.68. The van der Waals surface area contributed by atoms with Crippen LogP contribution in [0.15, 0.2) is 45.8 Å². The monoisotopic (exact) mass is 472 g/mol. The molecule has 0 heterocycles. The molecule has 0 spiro atoms. The van der Waals surface area contributed by atoms with E-state index in [1.54, 1.807) is 26.4 Å². The largest absolute Gasteiger partial charge is 0.493 e. The normalized spacial score (nSPS) is 12.6. The van der Waals surface area contributed by atoms with Gasteiger partial charge < -0.3 is 14.2 Å². The maximum Gasteiger partial charge on any atom is 0.294 e. The van der Waals surface area contributed by atoms with E-state index in [1.165, 1.54) is 6.07 Å². The summed E-state index contributed by atoms with van der Waals surface area (Å²) in [7, 11) is -1.16. The highest BCUT2D eigenvalue weighted by Gasteiger charge is 2.22. The molecule has 6 nitrogen and oxygen atoms in total. The first-order chi connectivity index (χ1) is 13.3. The lowest BCUT2D eigenvalue weighted by Crippen LogP contribution is -2.13. The van der Waals surface area contributed by atoms with Gasteiger partial charge in [0, 0.05) is 10.4 Å². The first-order valence-electron chi connectivity index (χ1n) is 8.85. The third-order valence-electron chi connectivity index (χ3n) is 4.36. The molecule has 0 unspecified atom stereocenters. The molecule has 0 bridgehead atoms. The van der Waals surface area contributed by atoms with Crippen LogP contribution in [0.1, 0.15) is 36.8 Å². The SMILES string of the molecule is CCC[C@@H](COCc1ccc(OC)c(OC)c1)c1cc(Br)ccc1S(=O)(=O)O. The van der Waals surface area contributed by atoms with Gasteiger partial charge in [0.05, 0.1) is 32.3 Å². The van der Waals surface area contributed by atoms with Gasteiger partial charge in [0.1, 0.15) is 0 Å². The molecule has 0 amide bonds. The van der Waals surface area contributed by atoms with E-state index >= 15 is 0 Å². The third kappa shape index (κ3) is 5.94. The van der Waals surface area contributed by atoms with Crippen LogP contribution in [0.4, 0.5) is 0 Å². The first kappa shape index (κ1) is 22.7. The van der Waals surface area contributed by atoms with E-state index < -0.39 is 10.1 Å². The third-order valence-corrected chi connectivity index (χ3v) is 5.78. The standard InChI is InChI=1S/C20H25BrO6S/c1-4-5-15(17-11-16(21)7-9-20(17)28(22,23)24)13-27-12-14-6-8-18(25-2)19(10-14)26-3/h6-11,15H,4-5,12-13H2,1-3H3,(H,22,23,24)/t15-/m0/s1. The molecule has 0 aromatic heterocycles. The average Bonchev–Trinajstić information content (AvgIpc) is 2.66. The van der Waals surface area contributed by atoms with Gasteiger partial charge in [0.15, 0.2) is 11.5 Å². The summed E-state index contributed by atoms with van der Waals surface area (Å²) in [6.07, 6.45) is 1.58. The van der Waals surface area contributed by atoms with Crippen LogP contribution in [0.5, 0.6) is 11.5 Å². The van der Waals surface area contributed by atoms with E-state index in [9.17, 15) is 13.0 Å². The van der Waals surface area contributed by atoms with E-state index in [0.717, 1.165) is 22.9 Å². The fourth-order valence-corrected chi connectivity index (χ4v) is 4.18. The summed E-state index contributed by atoms with van der Waals surface area (Å²) in [5.41, 5.74) is 1.46. The molecule has 1 atom stereocenters. The van der Waals surface area contributed by atoms with Gasteiger partial charge >= 0.3 is 0 Å². The Morgan fingerprint density at radius 3 is 2.39 bits per heavy atom. The highest BCUT2D eigenvalue weighted by Crippen LogP contribution is 2.32. The number of benzene rings is 2. The Hall–Kier alpha value is -1.61. The quantitative estimate of drug-likeness (QED) is 0.499. The molecule has 0 saturated heterocycles. The summed E-state index contributed by atoms with van der Waals surface area (Å²) in [6, 6.07) is 10.3. The number of ether oxygens (including phenoxy) is 3. The molecule has 8 heteroatoms. The molecule has 0 aliphatic rings. The minimum atomic E-state index is -4.31. The zero-order chi connectivity index (χ0) is 20.7. The molecule has 0 fully saturated rings. The van der Waals surface area contributed by atoms with Crippen molar-refractivity contribution in [2.45, 2.75) is 37.2 Å². The van der Waals surface area contributed by atoms with Gasteiger partial charge in [-0.05, 0) is 47.9 Å². The van der Waals surface area contributed by atoms with Crippen molar-refractivity contribution in [2.24, 2.45) is 0 Å². The minimum absolute atomic E-state index is 0.0798. The summed E-state index contributed by atoms with van der Waals surface area (Å²) < 4.78 is 50.3. The van der Waals surface area contributed by atoms with Gasteiger partial charge in [0.2, 0.25) is 0 Å². The first-order valence-corrected chi connectivity index (χ1v) is 11.1. The lowest BCUT2D eigenvalue weighted by Gasteiger charge is -2.20. The van der Waals surface area contributed by atoms with Crippen LogP contribution in [0.2, 0.25) is 0 Å². The maximum atomic E-state index is 11.8. The van der Waals surface area contributed by atoms with Crippen LogP contribution in [-0.4, -0.2) is 33.8 Å². The van der Waals surface area contributed by atoms with Gasteiger partial charge in [-0.25, -0.2) is 0 Å². The van der Waals surface area contributed by atoms with Crippen molar-refractivity contribution in [3.63, 3.8) is 0 Å². The second kappa shape index (κ2) is 10.2. The molecule has 0 aliphatic carbocycles. The smallest absolute Gasteiger partial charge is 0.294 e.